The summed E-state index contributed by atoms with van der Waals surface area (Å²) in [5.74, 6) is -2.03. The Balaban J connectivity index is 1.48. The standard InChI is InChI=1S/C23H34N4O7/c1-15(25-20(31)19(30)14-16-3-4-17(28)18(29)13-16)21(32)27-7-5-23(27,2)22(33)24-6-8-26-9-11-34-12-10-26/h3-4,13,15,19,28-30H,5-12,14H2,1-2H3,(H,24,33)(H,25,31)/t15?,19?,23-/m1/s1. The molecule has 3 rings (SSSR count). The molecule has 5 N–H and O–H groups in total. The average Bonchev–Trinajstić information content (AvgIpc) is 2.80. The number of amides is 3. The number of ether oxygens (including phenoxy) is 1. The Kier molecular flexibility index (Phi) is 8.34. The largest absolute Gasteiger partial charge is 0.504 e. The van der Waals surface area contributed by atoms with Gasteiger partial charge in [0.15, 0.2) is 11.5 Å². The summed E-state index contributed by atoms with van der Waals surface area (Å²) in [4.78, 5) is 41.8. The number of aromatic hydroxyl groups is 2. The van der Waals surface area contributed by atoms with Crippen molar-refractivity contribution in [2.45, 2.75) is 44.4 Å². The summed E-state index contributed by atoms with van der Waals surface area (Å²) < 4.78 is 5.31. The SMILES string of the molecule is CC(NC(=O)C(O)Cc1ccc(O)c(O)c1)C(=O)N1CC[C@]1(C)C(=O)NCCN1CCOCC1. The summed E-state index contributed by atoms with van der Waals surface area (Å²) in [6.07, 6.45) is -1.03. The van der Waals surface area contributed by atoms with E-state index in [0.29, 0.717) is 44.8 Å². The van der Waals surface area contributed by atoms with Gasteiger partial charge in [-0.2, -0.15) is 0 Å². The summed E-state index contributed by atoms with van der Waals surface area (Å²) in [5, 5.41) is 34.5. The maximum Gasteiger partial charge on any atom is 0.249 e. The van der Waals surface area contributed by atoms with Crippen LogP contribution < -0.4 is 10.6 Å². The Hall–Kier alpha value is -2.89. The first kappa shape index (κ1) is 25.7. The van der Waals surface area contributed by atoms with Gasteiger partial charge >= 0.3 is 0 Å². The first-order valence-electron chi connectivity index (χ1n) is 11.5. The van der Waals surface area contributed by atoms with Gasteiger partial charge in [-0.05, 0) is 38.0 Å². The molecule has 0 radical (unpaired) electrons. The van der Waals surface area contributed by atoms with E-state index in [1.807, 2.05) is 0 Å². The van der Waals surface area contributed by atoms with Crippen molar-refractivity contribution < 1.29 is 34.4 Å². The Morgan fingerprint density at radius 2 is 1.85 bits per heavy atom. The summed E-state index contributed by atoms with van der Waals surface area (Å²) >= 11 is 0. The average molecular weight is 479 g/mol. The number of hydrogen-bond donors (Lipinski definition) is 5. The van der Waals surface area contributed by atoms with Gasteiger partial charge in [0, 0.05) is 39.1 Å². The Bertz CT molecular complexity index is 905. The summed E-state index contributed by atoms with van der Waals surface area (Å²) in [7, 11) is 0. The number of nitrogens with one attached hydrogen (secondary N) is 2. The lowest BCUT2D eigenvalue weighted by Crippen LogP contribution is -2.70. The topological polar surface area (TPSA) is 152 Å². The van der Waals surface area contributed by atoms with Crippen molar-refractivity contribution in [2.75, 3.05) is 45.9 Å². The number of morpholine rings is 1. The molecule has 3 amide bonds. The predicted octanol–water partition coefficient (Wildman–Crippen LogP) is -1.05. The molecule has 0 aliphatic carbocycles. The highest BCUT2D eigenvalue weighted by Gasteiger charge is 2.50. The number of rotatable bonds is 9. The van der Waals surface area contributed by atoms with Crippen molar-refractivity contribution in [3.05, 3.63) is 23.8 Å². The molecule has 0 bridgehead atoms. The number of likely N-dealkylation sites (tertiary alicyclic amines) is 1. The van der Waals surface area contributed by atoms with E-state index in [9.17, 15) is 29.7 Å². The fourth-order valence-corrected chi connectivity index (χ4v) is 4.11. The first-order chi connectivity index (χ1) is 16.1. The lowest BCUT2D eigenvalue weighted by atomic mass is 9.84. The zero-order chi connectivity index (χ0) is 24.9. The third-order valence-corrected chi connectivity index (χ3v) is 6.49. The normalized spacial score (nSPS) is 22.4. The van der Waals surface area contributed by atoms with E-state index in [1.165, 1.54) is 30.0 Å². The van der Waals surface area contributed by atoms with Crippen molar-refractivity contribution in [3.63, 3.8) is 0 Å². The zero-order valence-corrected chi connectivity index (χ0v) is 19.6. The molecule has 2 heterocycles. The number of phenolic OH excluding ortho intramolecular Hbond substituents is 2. The van der Waals surface area contributed by atoms with E-state index in [1.54, 1.807) is 6.92 Å². The molecule has 3 atom stereocenters. The molecule has 2 unspecified atom stereocenters. The summed E-state index contributed by atoms with van der Waals surface area (Å²) in [6.45, 7) is 7.83. The van der Waals surface area contributed by atoms with Crippen LogP contribution in [0.4, 0.5) is 0 Å². The minimum atomic E-state index is -1.45. The van der Waals surface area contributed by atoms with Crippen molar-refractivity contribution in [3.8, 4) is 11.5 Å². The van der Waals surface area contributed by atoms with Gasteiger partial charge < -0.3 is 35.6 Å². The minimum Gasteiger partial charge on any atom is -0.504 e. The zero-order valence-electron chi connectivity index (χ0n) is 19.6. The molecule has 34 heavy (non-hydrogen) atoms. The Labute approximate surface area is 198 Å². The van der Waals surface area contributed by atoms with E-state index in [2.05, 4.69) is 15.5 Å². The number of phenols is 2. The number of hydrogen-bond acceptors (Lipinski definition) is 8. The highest BCUT2D eigenvalue weighted by Crippen LogP contribution is 2.31. The van der Waals surface area contributed by atoms with E-state index in [4.69, 9.17) is 4.74 Å². The van der Waals surface area contributed by atoms with Crippen LogP contribution in [0.2, 0.25) is 0 Å². The van der Waals surface area contributed by atoms with Gasteiger partial charge in [0.1, 0.15) is 17.7 Å². The van der Waals surface area contributed by atoms with Crippen molar-refractivity contribution >= 4 is 17.7 Å². The quantitative estimate of drug-likeness (QED) is 0.282. The Morgan fingerprint density at radius 1 is 1.15 bits per heavy atom. The van der Waals surface area contributed by atoms with Crippen molar-refractivity contribution in [1.82, 2.24) is 20.4 Å². The Morgan fingerprint density at radius 3 is 2.47 bits per heavy atom. The van der Waals surface area contributed by atoms with Crippen LogP contribution in [-0.2, 0) is 25.5 Å². The molecule has 1 aromatic rings. The van der Waals surface area contributed by atoms with Crippen LogP contribution in [0.1, 0.15) is 25.8 Å². The van der Waals surface area contributed by atoms with Crippen LogP contribution in [0.3, 0.4) is 0 Å². The van der Waals surface area contributed by atoms with Crippen molar-refractivity contribution in [2.24, 2.45) is 0 Å². The molecule has 2 saturated heterocycles. The molecule has 11 heteroatoms. The number of carbonyl (C=O) groups is 3. The molecule has 2 aliphatic heterocycles. The maximum absolute atomic E-state index is 12.9. The number of aliphatic hydroxyl groups is 1. The maximum atomic E-state index is 12.9. The smallest absolute Gasteiger partial charge is 0.249 e. The third kappa shape index (κ3) is 5.96. The first-order valence-corrected chi connectivity index (χ1v) is 11.5. The second kappa shape index (κ2) is 11.0. The van der Waals surface area contributed by atoms with Crippen LogP contribution in [0, 0.1) is 0 Å². The molecular formula is C23H34N4O7. The fourth-order valence-electron chi connectivity index (χ4n) is 4.11. The predicted molar refractivity (Wildman–Crippen MR) is 122 cm³/mol. The molecule has 2 fully saturated rings. The lowest BCUT2D eigenvalue weighted by Gasteiger charge is -2.50. The van der Waals surface area contributed by atoms with Crippen LogP contribution in [0.15, 0.2) is 18.2 Å². The molecule has 0 saturated carbocycles. The van der Waals surface area contributed by atoms with Gasteiger partial charge in [0.2, 0.25) is 17.7 Å². The van der Waals surface area contributed by atoms with E-state index >= 15 is 0 Å². The van der Waals surface area contributed by atoms with E-state index in [-0.39, 0.29) is 23.8 Å². The highest BCUT2D eigenvalue weighted by molar-refractivity contribution is 5.96. The summed E-state index contributed by atoms with van der Waals surface area (Å²) in [6, 6.07) is 3.06. The third-order valence-electron chi connectivity index (χ3n) is 6.49. The molecule has 0 spiro atoms. The van der Waals surface area contributed by atoms with Crippen LogP contribution in [-0.4, -0.2) is 106 Å². The van der Waals surface area contributed by atoms with Crippen molar-refractivity contribution in [1.29, 1.82) is 0 Å². The number of carbonyl (C=O) groups excluding carboxylic acids is 3. The second-order valence-corrected chi connectivity index (χ2v) is 9.00. The van der Waals surface area contributed by atoms with Crippen LogP contribution >= 0.6 is 0 Å². The molecule has 1 aromatic carbocycles. The van der Waals surface area contributed by atoms with E-state index < -0.39 is 29.5 Å². The van der Waals surface area contributed by atoms with Gasteiger partial charge in [-0.15, -0.1) is 0 Å². The van der Waals surface area contributed by atoms with Crippen LogP contribution in [0.5, 0.6) is 11.5 Å². The molecule has 11 nitrogen and oxygen atoms in total. The number of benzene rings is 1. The van der Waals surface area contributed by atoms with Gasteiger partial charge in [-0.3, -0.25) is 19.3 Å². The van der Waals surface area contributed by atoms with Gasteiger partial charge in [-0.1, -0.05) is 6.07 Å². The lowest BCUT2D eigenvalue weighted by molar-refractivity contribution is -0.159. The fraction of sp³-hybridized carbons (Fsp3) is 0.609. The summed E-state index contributed by atoms with van der Waals surface area (Å²) in [5.41, 5.74) is -0.538. The molecule has 188 valence electrons. The molecule has 0 aromatic heterocycles. The highest BCUT2D eigenvalue weighted by atomic mass is 16.5. The molecular weight excluding hydrogens is 444 g/mol. The van der Waals surface area contributed by atoms with Gasteiger partial charge in [-0.25, -0.2) is 0 Å². The van der Waals surface area contributed by atoms with Gasteiger partial charge in [0.25, 0.3) is 0 Å². The minimum absolute atomic E-state index is 0.104. The monoisotopic (exact) mass is 478 g/mol. The number of nitrogens with zero attached hydrogens (tertiary/aromatic N) is 2. The van der Waals surface area contributed by atoms with Gasteiger partial charge in [0.05, 0.1) is 13.2 Å². The second-order valence-electron chi connectivity index (χ2n) is 9.00. The number of aliphatic hydroxyl groups excluding tert-OH is 1. The van der Waals surface area contributed by atoms with Crippen LogP contribution in [0.25, 0.3) is 0 Å². The van der Waals surface area contributed by atoms with E-state index in [0.717, 1.165) is 13.1 Å². The molecule has 2 aliphatic rings.